The molecule has 0 aliphatic heterocycles. The molecule has 0 N–H and O–H groups in total. The first-order valence-electron chi connectivity index (χ1n) is 6.19. The van der Waals surface area contributed by atoms with Crippen LogP contribution in [0.1, 0.15) is 31.2 Å². The maximum absolute atomic E-state index is 13.1. The van der Waals surface area contributed by atoms with Gasteiger partial charge in [-0.15, -0.1) is 11.6 Å². The minimum Gasteiger partial charge on any atom is -0.295 e. The third kappa shape index (κ3) is 3.65. The summed E-state index contributed by atoms with van der Waals surface area (Å²) in [6.07, 6.45) is 8.04. The predicted octanol–water partition coefficient (Wildman–Crippen LogP) is 3.20. The van der Waals surface area contributed by atoms with Crippen LogP contribution in [0.2, 0.25) is 0 Å². The van der Waals surface area contributed by atoms with Gasteiger partial charge in [0.1, 0.15) is 5.82 Å². The first kappa shape index (κ1) is 12.8. The average molecular weight is 257 g/mol. The Balaban J connectivity index is 2.01. The fourth-order valence-corrected chi connectivity index (χ4v) is 2.76. The highest BCUT2D eigenvalue weighted by atomic mass is 35.5. The van der Waals surface area contributed by atoms with E-state index < -0.39 is 0 Å². The first-order chi connectivity index (χ1) is 8.29. The van der Waals surface area contributed by atoms with Crippen molar-refractivity contribution in [3.05, 3.63) is 29.8 Å². The van der Waals surface area contributed by atoms with Crippen molar-refractivity contribution >= 4 is 11.6 Å². The van der Waals surface area contributed by atoms with E-state index in [2.05, 4.69) is 9.88 Å². The Hall–Kier alpha value is -0.670. The molecule has 4 heteroatoms. The lowest BCUT2D eigenvalue weighted by atomic mass is 10.2. The number of hydrogen-bond donors (Lipinski definition) is 0. The van der Waals surface area contributed by atoms with Crippen LogP contribution in [-0.4, -0.2) is 28.4 Å². The number of halogens is 2. The molecule has 1 saturated carbocycles. The standard InChI is InChI=1S/C13H18ClFN2/c14-5-6-17(13-3-1-2-4-13)10-11-7-12(15)9-16-8-11/h7-9,13H,1-6,10H2. The first-order valence-corrected chi connectivity index (χ1v) is 6.72. The lowest BCUT2D eigenvalue weighted by Gasteiger charge is -2.27. The molecular weight excluding hydrogens is 239 g/mol. The van der Waals surface area contributed by atoms with E-state index in [1.807, 2.05) is 0 Å². The Morgan fingerprint density at radius 2 is 2.12 bits per heavy atom. The molecule has 0 spiro atoms. The van der Waals surface area contributed by atoms with Crippen molar-refractivity contribution in [3.63, 3.8) is 0 Å². The summed E-state index contributed by atoms with van der Waals surface area (Å²) >= 11 is 5.84. The summed E-state index contributed by atoms with van der Waals surface area (Å²) in [5.74, 6) is 0.360. The maximum Gasteiger partial charge on any atom is 0.141 e. The van der Waals surface area contributed by atoms with Crippen molar-refractivity contribution in [3.8, 4) is 0 Å². The molecule has 94 valence electrons. The summed E-state index contributed by atoms with van der Waals surface area (Å²) in [6.45, 7) is 1.62. The van der Waals surface area contributed by atoms with Crippen LogP contribution >= 0.6 is 11.6 Å². The van der Waals surface area contributed by atoms with Crippen molar-refractivity contribution in [1.82, 2.24) is 9.88 Å². The van der Waals surface area contributed by atoms with Gasteiger partial charge >= 0.3 is 0 Å². The zero-order valence-corrected chi connectivity index (χ0v) is 10.7. The normalized spacial score (nSPS) is 16.9. The maximum atomic E-state index is 13.1. The van der Waals surface area contributed by atoms with E-state index >= 15 is 0 Å². The lowest BCUT2D eigenvalue weighted by molar-refractivity contribution is 0.201. The fourth-order valence-electron chi connectivity index (χ4n) is 2.55. The van der Waals surface area contributed by atoms with E-state index in [1.165, 1.54) is 31.9 Å². The van der Waals surface area contributed by atoms with Gasteiger partial charge in [-0.1, -0.05) is 12.8 Å². The molecule has 0 aromatic carbocycles. The molecule has 0 amide bonds. The molecule has 17 heavy (non-hydrogen) atoms. The Bertz CT molecular complexity index is 353. The van der Waals surface area contributed by atoms with Crippen molar-refractivity contribution in [1.29, 1.82) is 0 Å². The van der Waals surface area contributed by atoms with E-state index in [0.717, 1.165) is 18.7 Å². The van der Waals surface area contributed by atoms with Crippen LogP contribution in [0.15, 0.2) is 18.5 Å². The molecule has 0 unspecified atom stereocenters. The van der Waals surface area contributed by atoms with Crippen LogP contribution in [-0.2, 0) is 6.54 Å². The number of nitrogens with zero attached hydrogens (tertiary/aromatic N) is 2. The highest BCUT2D eigenvalue weighted by Gasteiger charge is 2.22. The molecule has 0 bridgehead atoms. The van der Waals surface area contributed by atoms with Gasteiger partial charge < -0.3 is 0 Å². The fraction of sp³-hybridized carbons (Fsp3) is 0.615. The summed E-state index contributed by atoms with van der Waals surface area (Å²) in [6, 6.07) is 2.17. The van der Waals surface area contributed by atoms with Gasteiger partial charge in [0, 0.05) is 31.2 Å². The van der Waals surface area contributed by atoms with Gasteiger partial charge in [-0.3, -0.25) is 9.88 Å². The van der Waals surface area contributed by atoms with E-state index in [1.54, 1.807) is 12.3 Å². The zero-order valence-electron chi connectivity index (χ0n) is 9.91. The molecule has 0 radical (unpaired) electrons. The van der Waals surface area contributed by atoms with Gasteiger partial charge in [0.05, 0.1) is 6.20 Å². The highest BCUT2D eigenvalue weighted by Crippen LogP contribution is 2.24. The monoisotopic (exact) mass is 256 g/mol. The van der Waals surface area contributed by atoms with E-state index in [-0.39, 0.29) is 5.82 Å². The minimum absolute atomic E-state index is 0.264. The van der Waals surface area contributed by atoms with Gasteiger partial charge in [0.25, 0.3) is 0 Å². The van der Waals surface area contributed by atoms with E-state index in [0.29, 0.717) is 11.9 Å². The molecule has 1 aliphatic rings. The summed E-state index contributed by atoms with van der Waals surface area (Å²) < 4.78 is 13.1. The van der Waals surface area contributed by atoms with Crippen LogP contribution in [0.3, 0.4) is 0 Å². The molecule has 0 saturated heterocycles. The molecule has 1 fully saturated rings. The Morgan fingerprint density at radius 3 is 2.76 bits per heavy atom. The van der Waals surface area contributed by atoms with Crippen LogP contribution in [0.5, 0.6) is 0 Å². The molecule has 0 atom stereocenters. The van der Waals surface area contributed by atoms with Crippen LogP contribution < -0.4 is 0 Å². The van der Waals surface area contributed by atoms with Crippen molar-refractivity contribution in [2.24, 2.45) is 0 Å². The van der Waals surface area contributed by atoms with Crippen LogP contribution in [0.4, 0.5) is 4.39 Å². The van der Waals surface area contributed by atoms with E-state index in [9.17, 15) is 4.39 Å². The number of hydrogen-bond acceptors (Lipinski definition) is 2. The second kappa shape index (κ2) is 6.31. The van der Waals surface area contributed by atoms with Gasteiger partial charge in [0.2, 0.25) is 0 Å². The SMILES string of the molecule is Fc1cncc(CN(CCCl)C2CCCC2)c1. The minimum atomic E-state index is -0.264. The van der Waals surface area contributed by atoms with Gasteiger partial charge in [-0.2, -0.15) is 0 Å². The second-order valence-electron chi connectivity index (χ2n) is 4.61. The third-order valence-electron chi connectivity index (χ3n) is 3.36. The third-order valence-corrected chi connectivity index (χ3v) is 3.53. The molecule has 2 rings (SSSR count). The van der Waals surface area contributed by atoms with Crippen molar-refractivity contribution < 1.29 is 4.39 Å². The van der Waals surface area contributed by atoms with Crippen molar-refractivity contribution in [2.75, 3.05) is 12.4 Å². The number of aromatic nitrogens is 1. The van der Waals surface area contributed by atoms with Gasteiger partial charge in [-0.25, -0.2) is 4.39 Å². The van der Waals surface area contributed by atoms with Crippen molar-refractivity contribution in [2.45, 2.75) is 38.3 Å². The predicted molar refractivity (Wildman–Crippen MR) is 67.6 cm³/mol. The summed E-state index contributed by atoms with van der Waals surface area (Å²) in [5, 5.41) is 0. The largest absolute Gasteiger partial charge is 0.295 e. The molecule has 1 heterocycles. The van der Waals surface area contributed by atoms with Gasteiger partial charge in [-0.05, 0) is 24.5 Å². The molecule has 2 nitrogen and oxygen atoms in total. The smallest absolute Gasteiger partial charge is 0.141 e. The average Bonchev–Trinajstić information content (AvgIpc) is 2.82. The number of rotatable bonds is 5. The Kier molecular flexibility index (Phi) is 4.75. The second-order valence-corrected chi connectivity index (χ2v) is 4.99. The lowest BCUT2D eigenvalue weighted by Crippen LogP contribution is -2.34. The summed E-state index contributed by atoms with van der Waals surface area (Å²) in [7, 11) is 0. The molecule has 1 aromatic heterocycles. The highest BCUT2D eigenvalue weighted by molar-refractivity contribution is 6.18. The van der Waals surface area contributed by atoms with Crippen LogP contribution in [0.25, 0.3) is 0 Å². The van der Waals surface area contributed by atoms with E-state index in [4.69, 9.17) is 11.6 Å². The zero-order chi connectivity index (χ0) is 12.1. The number of pyridine rings is 1. The molecular formula is C13H18ClFN2. The topological polar surface area (TPSA) is 16.1 Å². The van der Waals surface area contributed by atoms with Crippen LogP contribution in [0, 0.1) is 5.82 Å². The van der Waals surface area contributed by atoms with Gasteiger partial charge in [0.15, 0.2) is 0 Å². The number of alkyl halides is 1. The molecule has 1 aliphatic carbocycles. The Labute approximate surface area is 107 Å². The quantitative estimate of drug-likeness (QED) is 0.752. The Morgan fingerprint density at radius 1 is 1.35 bits per heavy atom. The summed E-state index contributed by atoms with van der Waals surface area (Å²) in [4.78, 5) is 6.25. The molecule has 1 aromatic rings. The summed E-state index contributed by atoms with van der Waals surface area (Å²) in [5.41, 5.74) is 0.932.